The van der Waals surface area contributed by atoms with Crippen molar-refractivity contribution >= 4 is 0 Å². The highest BCUT2D eigenvalue weighted by Crippen LogP contribution is 2.31. The zero-order valence-corrected chi connectivity index (χ0v) is 11.8. The van der Waals surface area contributed by atoms with Gasteiger partial charge in [-0.1, -0.05) is 12.1 Å². The molecule has 0 aliphatic rings. The average molecular weight is 273 g/mol. The highest BCUT2D eigenvalue weighted by atomic mass is 16.5. The molecule has 2 aromatic rings. The van der Waals surface area contributed by atoms with Crippen molar-refractivity contribution in [3.8, 4) is 23.0 Å². The maximum atomic E-state index is 5.85. The first-order valence-electron chi connectivity index (χ1n) is 6.45. The van der Waals surface area contributed by atoms with Crippen molar-refractivity contribution in [2.24, 2.45) is 5.73 Å². The summed E-state index contributed by atoms with van der Waals surface area (Å²) in [6.45, 7) is 0.621. The van der Waals surface area contributed by atoms with E-state index in [0.29, 0.717) is 23.8 Å². The van der Waals surface area contributed by atoms with Crippen LogP contribution in [0.2, 0.25) is 0 Å². The second-order valence-electron chi connectivity index (χ2n) is 4.34. The van der Waals surface area contributed by atoms with Crippen LogP contribution in [0.3, 0.4) is 0 Å². The third-order valence-corrected chi connectivity index (χ3v) is 2.89. The number of nitrogens with two attached hydrogens (primary N) is 1. The second-order valence-corrected chi connectivity index (χ2v) is 4.34. The third kappa shape index (κ3) is 3.65. The Labute approximate surface area is 119 Å². The maximum Gasteiger partial charge on any atom is 0.134 e. The average Bonchev–Trinajstić information content (AvgIpc) is 2.47. The van der Waals surface area contributed by atoms with E-state index < -0.39 is 0 Å². The molecule has 4 heteroatoms. The smallest absolute Gasteiger partial charge is 0.134 e. The molecule has 2 aromatic carbocycles. The van der Waals surface area contributed by atoms with Gasteiger partial charge in [-0.25, -0.2) is 0 Å². The number of hydrogen-bond acceptors (Lipinski definition) is 4. The Morgan fingerprint density at radius 2 is 1.50 bits per heavy atom. The van der Waals surface area contributed by atoms with Gasteiger partial charge < -0.3 is 19.9 Å². The topological polar surface area (TPSA) is 53.7 Å². The first-order chi connectivity index (χ1) is 9.75. The summed E-state index contributed by atoms with van der Waals surface area (Å²) in [5.74, 6) is 2.83. The van der Waals surface area contributed by atoms with E-state index in [-0.39, 0.29) is 0 Å². The molecule has 0 aliphatic carbocycles. The van der Waals surface area contributed by atoms with Crippen LogP contribution in [0.4, 0.5) is 0 Å². The van der Waals surface area contributed by atoms with Crippen molar-refractivity contribution in [3.05, 3.63) is 48.0 Å². The van der Waals surface area contributed by atoms with Gasteiger partial charge in [-0.05, 0) is 30.7 Å². The predicted molar refractivity (Wildman–Crippen MR) is 78.8 cm³/mol. The molecular weight excluding hydrogens is 254 g/mol. The van der Waals surface area contributed by atoms with E-state index in [1.807, 2.05) is 36.4 Å². The quantitative estimate of drug-likeness (QED) is 0.879. The number of benzene rings is 2. The summed E-state index contributed by atoms with van der Waals surface area (Å²) in [6.07, 6.45) is 0.832. The number of methoxy groups -OCH3 is 2. The molecule has 4 nitrogen and oxygen atoms in total. The lowest BCUT2D eigenvalue weighted by Gasteiger charge is -2.10. The molecule has 0 fully saturated rings. The van der Waals surface area contributed by atoms with E-state index in [2.05, 4.69) is 0 Å². The third-order valence-electron chi connectivity index (χ3n) is 2.89. The molecule has 0 spiro atoms. The van der Waals surface area contributed by atoms with Crippen LogP contribution in [0, 0.1) is 0 Å². The van der Waals surface area contributed by atoms with Crippen molar-refractivity contribution in [2.45, 2.75) is 6.42 Å². The lowest BCUT2D eigenvalue weighted by Crippen LogP contribution is -2.02. The zero-order valence-electron chi connectivity index (χ0n) is 11.8. The molecule has 20 heavy (non-hydrogen) atoms. The summed E-state index contributed by atoms with van der Waals surface area (Å²) in [6, 6.07) is 13.3. The lowest BCUT2D eigenvalue weighted by atomic mass is 10.1. The Balaban J connectivity index is 2.22. The monoisotopic (exact) mass is 273 g/mol. The highest BCUT2D eigenvalue weighted by Gasteiger charge is 2.04. The van der Waals surface area contributed by atoms with Gasteiger partial charge in [0.2, 0.25) is 0 Å². The number of hydrogen-bond donors (Lipinski definition) is 1. The Kier molecular flexibility index (Phi) is 4.85. The largest absolute Gasteiger partial charge is 0.496 e. The molecule has 0 aliphatic heterocycles. The van der Waals surface area contributed by atoms with Crippen molar-refractivity contribution in [1.82, 2.24) is 0 Å². The molecule has 0 saturated carbocycles. The van der Waals surface area contributed by atoms with Gasteiger partial charge in [-0.15, -0.1) is 0 Å². The number of rotatable bonds is 6. The molecule has 106 valence electrons. The molecule has 0 unspecified atom stereocenters. The van der Waals surface area contributed by atoms with Gasteiger partial charge in [-0.3, -0.25) is 0 Å². The normalized spacial score (nSPS) is 10.2. The van der Waals surface area contributed by atoms with Crippen LogP contribution in [0.25, 0.3) is 0 Å². The van der Waals surface area contributed by atoms with Crippen LogP contribution in [-0.4, -0.2) is 20.8 Å². The van der Waals surface area contributed by atoms with E-state index in [1.165, 1.54) is 0 Å². The highest BCUT2D eigenvalue weighted by molar-refractivity contribution is 5.44. The molecule has 0 bridgehead atoms. The van der Waals surface area contributed by atoms with Crippen LogP contribution in [-0.2, 0) is 6.42 Å². The van der Waals surface area contributed by atoms with Crippen LogP contribution in [0.5, 0.6) is 23.0 Å². The van der Waals surface area contributed by atoms with Gasteiger partial charge in [0.15, 0.2) is 0 Å². The molecular formula is C16H19NO3. The predicted octanol–water partition coefficient (Wildman–Crippen LogP) is 3.00. The molecule has 0 saturated heterocycles. The Morgan fingerprint density at radius 1 is 0.850 bits per heavy atom. The lowest BCUT2D eigenvalue weighted by molar-refractivity contribution is 0.386. The van der Waals surface area contributed by atoms with Gasteiger partial charge >= 0.3 is 0 Å². The first kappa shape index (κ1) is 14.2. The van der Waals surface area contributed by atoms with E-state index in [9.17, 15) is 0 Å². The minimum absolute atomic E-state index is 0.621. The molecule has 2 rings (SSSR count). The molecule has 2 N–H and O–H groups in total. The zero-order chi connectivity index (χ0) is 14.4. The standard InChI is InChI=1S/C16H19NO3/c1-18-14-9-15(19-2)11-16(10-14)20-13-5-3-4-12(8-13)6-7-17/h3-5,8-11H,6-7,17H2,1-2H3. The molecule has 0 atom stereocenters. The Bertz CT molecular complexity index is 547. The van der Waals surface area contributed by atoms with Crippen LogP contribution < -0.4 is 19.9 Å². The molecule has 0 amide bonds. The second kappa shape index (κ2) is 6.82. The van der Waals surface area contributed by atoms with Gasteiger partial charge in [0.05, 0.1) is 14.2 Å². The summed E-state index contributed by atoms with van der Waals surface area (Å²) in [7, 11) is 3.22. The minimum Gasteiger partial charge on any atom is -0.496 e. The summed E-state index contributed by atoms with van der Waals surface area (Å²) >= 11 is 0. The maximum absolute atomic E-state index is 5.85. The van der Waals surface area contributed by atoms with Crippen molar-refractivity contribution in [3.63, 3.8) is 0 Å². The van der Waals surface area contributed by atoms with E-state index in [0.717, 1.165) is 17.7 Å². The Hall–Kier alpha value is -2.20. The van der Waals surface area contributed by atoms with E-state index >= 15 is 0 Å². The van der Waals surface area contributed by atoms with E-state index in [4.69, 9.17) is 19.9 Å². The Morgan fingerprint density at radius 3 is 2.10 bits per heavy atom. The molecule has 0 aromatic heterocycles. The van der Waals surface area contributed by atoms with Gasteiger partial charge in [0.1, 0.15) is 23.0 Å². The number of ether oxygens (including phenoxy) is 3. The SMILES string of the molecule is COc1cc(OC)cc(Oc2cccc(CCN)c2)c1. The fraction of sp³-hybridized carbons (Fsp3) is 0.250. The van der Waals surface area contributed by atoms with Crippen molar-refractivity contribution in [1.29, 1.82) is 0 Å². The summed E-state index contributed by atoms with van der Waals surface area (Å²) in [5, 5.41) is 0. The van der Waals surface area contributed by atoms with Crippen molar-refractivity contribution < 1.29 is 14.2 Å². The molecule has 0 radical (unpaired) electrons. The van der Waals surface area contributed by atoms with Crippen molar-refractivity contribution in [2.75, 3.05) is 20.8 Å². The van der Waals surface area contributed by atoms with Gasteiger partial charge in [0.25, 0.3) is 0 Å². The van der Waals surface area contributed by atoms with E-state index in [1.54, 1.807) is 20.3 Å². The fourth-order valence-corrected chi connectivity index (χ4v) is 1.91. The minimum atomic E-state index is 0.621. The van der Waals surface area contributed by atoms with Crippen LogP contribution >= 0.6 is 0 Å². The first-order valence-corrected chi connectivity index (χ1v) is 6.45. The van der Waals surface area contributed by atoms with Crippen LogP contribution in [0.15, 0.2) is 42.5 Å². The van der Waals surface area contributed by atoms with Crippen LogP contribution in [0.1, 0.15) is 5.56 Å². The fourth-order valence-electron chi connectivity index (χ4n) is 1.91. The van der Waals surface area contributed by atoms with Gasteiger partial charge in [-0.2, -0.15) is 0 Å². The summed E-state index contributed by atoms with van der Waals surface area (Å²) < 4.78 is 16.3. The summed E-state index contributed by atoms with van der Waals surface area (Å²) in [4.78, 5) is 0. The summed E-state index contributed by atoms with van der Waals surface area (Å²) in [5.41, 5.74) is 6.72. The molecule has 0 heterocycles. The van der Waals surface area contributed by atoms with Gasteiger partial charge in [0, 0.05) is 18.2 Å².